The summed E-state index contributed by atoms with van der Waals surface area (Å²) in [6.07, 6.45) is 0. The number of nitrogens with zero attached hydrogens (tertiary/aromatic N) is 1. The van der Waals surface area contributed by atoms with Gasteiger partial charge in [-0.2, -0.15) is 11.8 Å². The van der Waals surface area contributed by atoms with Crippen LogP contribution in [0.25, 0.3) is 0 Å². The van der Waals surface area contributed by atoms with Gasteiger partial charge in [0.15, 0.2) is 0 Å². The number of benzene rings is 2. The fourth-order valence-corrected chi connectivity index (χ4v) is 3.66. The first-order chi connectivity index (χ1) is 9.74. The molecule has 1 heterocycles. The van der Waals surface area contributed by atoms with Crippen molar-refractivity contribution in [2.75, 3.05) is 30.1 Å². The van der Waals surface area contributed by atoms with Crippen LogP contribution in [0.3, 0.4) is 0 Å². The van der Waals surface area contributed by atoms with E-state index in [1.165, 1.54) is 22.5 Å². The number of thioether (sulfide) groups is 1. The van der Waals surface area contributed by atoms with E-state index in [-0.39, 0.29) is 0 Å². The van der Waals surface area contributed by atoms with Crippen molar-refractivity contribution < 1.29 is 0 Å². The summed E-state index contributed by atoms with van der Waals surface area (Å²) in [5, 5.41) is 3.66. The normalized spacial score (nSPS) is 17.4. The summed E-state index contributed by atoms with van der Waals surface area (Å²) in [5.74, 6) is 2.26. The molecule has 3 rings (SSSR count). The summed E-state index contributed by atoms with van der Waals surface area (Å²) in [7, 11) is 4.13. The van der Waals surface area contributed by atoms with E-state index < -0.39 is 0 Å². The van der Waals surface area contributed by atoms with Gasteiger partial charge in [-0.1, -0.05) is 24.3 Å². The molecule has 1 unspecified atom stereocenters. The van der Waals surface area contributed by atoms with Gasteiger partial charge in [0.25, 0.3) is 0 Å². The second kappa shape index (κ2) is 5.80. The van der Waals surface area contributed by atoms with Gasteiger partial charge in [-0.25, -0.2) is 0 Å². The Balaban J connectivity index is 1.78. The zero-order chi connectivity index (χ0) is 13.9. The van der Waals surface area contributed by atoms with Crippen LogP contribution in [0.4, 0.5) is 11.4 Å². The first-order valence-corrected chi connectivity index (χ1v) is 8.09. The Morgan fingerprint density at radius 1 is 1.05 bits per heavy atom. The Kier molecular flexibility index (Phi) is 3.88. The molecule has 0 spiro atoms. The SMILES string of the molecule is CN(C)c1ccc(NC2CSCc3ccccc32)cc1. The van der Waals surface area contributed by atoms with Crippen LogP contribution >= 0.6 is 11.8 Å². The molecule has 0 saturated carbocycles. The maximum absolute atomic E-state index is 3.66. The van der Waals surface area contributed by atoms with Gasteiger partial charge in [0.1, 0.15) is 0 Å². The Morgan fingerprint density at radius 3 is 2.55 bits per heavy atom. The van der Waals surface area contributed by atoms with E-state index in [4.69, 9.17) is 0 Å². The minimum Gasteiger partial charge on any atom is -0.378 e. The molecule has 0 aromatic heterocycles. The lowest BCUT2D eigenvalue weighted by atomic mass is 10.0. The molecule has 2 aromatic rings. The number of rotatable bonds is 3. The fourth-order valence-electron chi connectivity index (χ4n) is 2.56. The molecule has 0 fully saturated rings. The maximum Gasteiger partial charge on any atom is 0.0607 e. The highest BCUT2D eigenvalue weighted by atomic mass is 32.2. The number of fused-ring (bicyclic) bond motifs is 1. The summed E-state index contributed by atoms with van der Waals surface area (Å²) in [4.78, 5) is 2.12. The van der Waals surface area contributed by atoms with Crippen molar-refractivity contribution >= 4 is 23.1 Å². The summed E-state index contributed by atoms with van der Waals surface area (Å²) in [6.45, 7) is 0. The largest absolute Gasteiger partial charge is 0.378 e. The number of nitrogens with one attached hydrogen (secondary N) is 1. The molecule has 1 N–H and O–H groups in total. The highest BCUT2D eigenvalue weighted by Gasteiger charge is 2.19. The zero-order valence-corrected chi connectivity index (χ0v) is 12.8. The van der Waals surface area contributed by atoms with Gasteiger partial charge < -0.3 is 10.2 Å². The van der Waals surface area contributed by atoms with E-state index in [0.717, 1.165) is 11.5 Å². The predicted molar refractivity (Wildman–Crippen MR) is 89.7 cm³/mol. The van der Waals surface area contributed by atoms with Crippen LogP contribution in [0.1, 0.15) is 17.2 Å². The maximum atomic E-state index is 3.66. The van der Waals surface area contributed by atoms with E-state index in [1.807, 2.05) is 11.8 Å². The molecule has 1 aliphatic rings. The summed E-state index contributed by atoms with van der Waals surface area (Å²) < 4.78 is 0. The molecule has 20 heavy (non-hydrogen) atoms. The van der Waals surface area contributed by atoms with Crippen LogP contribution < -0.4 is 10.2 Å². The van der Waals surface area contributed by atoms with Crippen molar-refractivity contribution in [3.8, 4) is 0 Å². The minimum atomic E-state index is 0.412. The van der Waals surface area contributed by atoms with Crippen LogP contribution in [0.2, 0.25) is 0 Å². The van der Waals surface area contributed by atoms with Crippen molar-refractivity contribution in [2.45, 2.75) is 11.8 Å². The Labute approximate surface area is 125 Å². The standard InChI is InChI=1S/C17H20N2S/c1-19(2)15-9-7-14(8-10-15)18-17-12-20-11-13-5-3-4-6-16(13)17/h3-10,17-18H,11-12H2,1-2H3. The highest BCUT2D eigenvalue weighted by Crippen LogP contribution is 2.33. The summed E-state index contributed by atoms with van der Waals surface area (Å²) >= 11 is 2.00. The zero-order valence-electron chi connectivity index (χ0n) is 12.0. The molecule has 104 valence electrons. The van der Waals surface area contributed by atoms with Gasteiger partial charge in [-0.3, -0.25) is 0 Å². The van der Waals surface area contributed by atoms with Gasteiger partial charge in [-0.05, 0) is 35.4 Å². The van der Waals surface area contributed by atoms with Crippen LogP contribution in [-0.2, 0) is 5.75 Å². The Bertz CT molecular complexity index is 578. The van der Waals surface area contributed by atoms with Crippen molar-refractivity contribution in [2.24, 2.45) is 0 Å². The first kappa shape index (κ1) is 13.4. The van der Waals surface area contributed by atoms with Crippen molar-refractivity contribution in [1.29, 1.82) is 0 Å². The molecule has 3 heteroatoms. The lowest BCUT2D eigenvalue weighted by Crippen LogP contribution is -2.18. The molecular formula is C17H20N2S. The second-order valence-electron chi connectivity index (χ2n) is 5.35. The molecule has 0 amide bonds. The fraction of sp³-hybridized carbons (Fsp3) is 0.294. The van der Waals surface area contributed by atoms with Gasteiger partial charge in [0.05, 0.1) is 6.04 Å². The van der Waals surface area contributed by atoms with E-state index in [0.29, 0.717) is 6.04 Å². The van der Waals surface area contributed by atoms with Gasteiger partial charge in [-0.15, -0.1) is 0 Å². The summed E-state index contributed by atoms with van der Waals surface area (Å²) in [5.41, 5.74) is 5.33. The third-order valence-corrected chi connectivity index (χ3v) is 4.78. The van der Waals surface area contributed by atoms with Crippen molar-refractivity contribution in [1.82, 2.24) is 0 Å². The van der Waals surface area contributed by atoms with Crippen LogP contribution in [0, 0.1) is 0 Å². The first-order valence-electron chi connectivity index (χ1n) is 6.93. The van der Waals surface area contributed by atoms with Crippen molar-refractivity contribution in [3.05, 3.63) is 59.7 Å². The molecule has 1 aliphatic heterocycles. The van der Waals surface area contributed by atoms with E-state index in [9.17, 15) is 0 Å². The van der Waals surface area contributed by atoms with Crippen molar-refractivity contribution in [3.63, 3.8) is 0 Å². The number of hydrogen-bond acceptors (Lipinski definition) is 3. The molecular weight excluding hydrogens is 264 g/mol. The predicted octanol–water partition coefficient (Wildman–Crippen LogP) is 4.15. The molecule has 0 radical (unpaired) electrons. The molecule has 0 saturated heterocycles. The third kappa shape index (κ3) is 2.78. The Morgan fingerprint density at radius 2 is 1.80 bits per heavy atom. The van der Waals surface area contributed by atoms with Gasteiger partial charge in [0.2, 0.25) is 0 Å². The smallest absolute Gasteiger partial charge is 0.0607 e. The topological polar surface area (TPSA) is 15.3 Å². The lowest BCUT2D eigenvalue weighted by molar-refractivity contribution is 0.871. The van der Waals surface area contributed by atoms with E-state index in [2.05, 4.69) is 72.8 Å². The van der Waals surface area contributed by atoms with Crippen LogP contribution in [-0.4, -0.2) is 19.8 Å². The highest BCUT2D eigenvalue weighted by molar-refractivity contribution is 7.98. The summed E-state index contributed by atoms with van der Waals surface area (Å²) in [6, 6.07) is 17.8. The molecule has 0 aliphatic carbocycles. The molecule has 2 aromatic carbocycles. The monoisotopic (exact) mass is 284 g/mol. The number of hydrogen-bond donors (Lipinski definition) is 1. The quantitative estimate of drug-likeness (QED) is 0.911. The average Bonchev–Trinajstić information content (AvgIpc) is 2.48. The van der Waals surface area contributed by atoms with E-state index in [1.54, 1.807) is 0 Å². The molecule has 1 atom stereocenters. The number of anilines is 2. The Hall–Kier alpha value is -1.61. The third-order valence-electron chi connectivity index (χ3n) is 3.70. The van der Waals surface area contributed by atoms with Crippen LogP contribution in [0.5, 0.6) is 0 Å². The van der Waals surface area contributed by atoms with E-state index >= 15 is 0 Å². The van der Waals surface area contributed by atoms with Gasteiger partial charge in [0, 0.05) is 37.0 Å². The second-order valence-corrected chi connectivity index (χ2v) is 6.38. The lowest BCUT2D eigenvalue weighted by Gasteiger charge is -2.27. The minimum absolute atomic E-state index is 0.412. The van der Waals surface area contributed by atoms with Crippen LogP contribution in [0.15, 0.2) is 48.5 Å². The molecule has 0 bridgehead atoms. The average molecular weight is 284 g/mol. The molecule has 2 nitrogen and oxygen atoms in total. The van der Waals surface area contributed by atoms with Gasteiger partial charge >= 0.3 is 0 Å².